The Morgan fingerprint density at radius 2 is 2.06 bits per heavy atom. The van der Waals surface area contributed by atoms with Crippen LogP contribution in [0.15, 0.2) is 59.4 Å². The maximum atomic E-state index is 13.1. The van der Waals surface area contributed by atoms with Gasteiger partial charge in [-0.25, -0.2) is 4.68 Å². The molecule has 188 valence electrons. The molecular formula is C27H32N6O3. The molecule has 0 saturated carbocycles. The van der Waals surface area contributed by atoms with Crippen molar-refractivity contribution in [2.45, 2.75) is 58.0 Å². The first-order valence-corrected chi connectivity index (χ1v) is 12.5. The Morgan fingerprint density at radius 1 is 1.19 bits per heavy atom. The number of H-pyrrole nitrogens is 1. The SMILES string of the molecule is CC[C@@H](c1nnnn1C[C@H]1CCCO1)N(Cc1ccccc1)Cc1cc2cc(OC)ccc2[nH]c1=O. The molecular weight excluding hydrogens is 456 g/mol. The van der Waals surface area contributed by atoms with Crippen molar-refractivity contribution in [1.82, 2.24) is 30.1 Å². The highest BCUT2D eigenvalue weighted by molar-refractivity contribution is 5.80. The minimum atomic E-state index is -0.0977. The Labute approximate surface area is 210 Å². The molecule has 4 aromatic rings. The zero-order valence-electron chi connectivity index (χ0n) is 20.8. The third-order valence-electron chi connectivity index (χ3n) is 6.82. The number of rotatable bonds is 10. The fourth-order valence-corrected chi connectivity index (χ4v) is 4.95. The first-order chi connectivity index (χ1) is 17.6. The van der Waals surface area contributed by atoms with Crippen LogP contribution in [-0.2, 0) is 24.4 Å². The number of methoxy groups -OCH3 is 1. The number of aromatic nitrogens is 5. The second-order valence-electron chi connectivity index (χ2n) is 9.25. The molecule has 9 heteroatoms. The Hall–Kier alpha value is -3.56. The van der Waals surface area contributed by atoms with Gasteiger partial charge in [0.25, 0.3) is 5.56 Å². The first kappa shape index (κ1) is 24.1. The van der Waals surface area contributed by atoms with E-state index in [1.807, 2.05) is 47.1 Å². The second-order valence-corrected chi connectivity index (χ2v) is 9.25. The van der Waals surface area contributed by atoms with Crippen molar-refractivity contribution in [2.75, 3.05) is 13.7 Å². The van der Waals surface area contributed by atoms with E-state index < -0.39 is 0 Å². The number of fused-ring (bicyclic) bond motifs is 1. The number of hydrogen-bond donors (Lipinski definition) is 1. The lowest BCUT2D eigenvalue weighted by Gasteiger charge is -2.30. The molecule has 1 aliphatic heterocycles. The lowest BCUT2D eigenvalue weighted by molar-refractivity contribution is 0.0888. The zero-order valence-corrected chi connectivity index (χ0v) is 20.8. The lowest BCUT2D eigenvalue weighted by Crippen LogP contribution is -2.33. The van der Waals surface area contributed by atoms with E-state index in [0.29, 0.717) is 25.2 Å². The van der Waals surface area contributed by atoms with Gasteiger partial charge in [-0.15, -0.1) is 5.10 Å². The van der Waals surface area contributed by atoms with Crippen LogP contribution in [0, 0.1) is 0 Å². The van der Waals surface area contributed by atoms with Crippen molar-refractivity contribution in [3.63, 3.8) is 0 Å². The predicted molar refractivity (Wildman–Crippen MR) is 137 cm³/mol. The standard InChI is InChI=1S/C27H32N6O3/c1-3-25(26-29-30-31-33(26)18-23-10-7-13-36-23)32(16-19-8-5-4-6-9-19)17-21-14-20-15-22(35-2)11-12-24(20)28-27(21)34/h4-6,8-9,11-12,14-15,23,25H,3,7,10,13,16-18H2,1-2H3,(H,28,34)/t23-,25+/m1/s1. The monoisotopic (exact) mass is 488 g/mol. The maximum absolute atomic E-state index is 13.1. The number of nitrogens with one attached hydrogen (secondary N) is 1. The van der Waals surface area contributed by atoms with Crippen LogP contribution in [0.2, 0.25) is 0 Å². The molecule has 0 aliphatic carbocycles. The quantitative estimate of drug-likeness (QED) is 0.362. The van der Waals surface area contributed by atoms with Crippen molar-refractivity contribution in [3.8, 4) is 5.75 Å². The van der Waals surface area contributed by atoms with Gasteiger partial charge >= 0.3 is 0 Å². The van der Waals surface area contributed by atoms with Gasteiger partial charge in [0.2, 0.25) is 0 Å². The van der Waals surface area contributed by atoms with Crippen LogP contribution in [0.3, 0.4) is 0 Å². The number of benzene rings is 2. The van der Waals surface area contributed by atoms with Gasteiger partial charge in [0.15, 0.2) is 5.82 Å². The smallest absolute Gasteiger partial charge is 0.252 e. The van der Waals surface area contributed by atoms with E-state index >= 15 is 0 Å². The van der Waals surface area contributed by atoms with Crippen LogP contribution in [0.1, 0.15) is 49.2 Å². The van der Waals surface area contributed by atoms with E-state index in [4.69, 9.17) is 9.47 Å². The summed E-state index contributed by atoms with van der Waals surface area (Å²) < 4.78 is 13.1. The molecule has 2 atom stereocenters. The Kier molecular flexibility index (Phi) is 7.39. The molecule has 1 N–H and O–H groups in total. The van der Waals surface area contributed by atoms with Crippen molar-refractivity contribution in [1.29, 1.82) is 0 Å². The minimum Gasteiger partial charge on any atom is -0.497 e. The van der Waals surface area contributed by atoms with Gasteiger partial charge in [-0.05, 0) is 59.5 Å². The molecule has 1 aliphatic rings. The van der Waals surface area contributed by atoms with Crippen LogP contribution in [0.4, 0.5) is 0 Å². The average Bonchev–Trinajstić information content (AvgIpc) is 3.58. The number of ether oxygens (including phenoxy) is 2. The molecule has 36 heavy (non-hydrogen) atoms. The molecule has 1 saturated heterocycles. The predicted octanol–water partition coefficient (Wildman–Crippen LogP) is 3.86. The Morgan fingerprint density at radius 3 is 2.81 bits per heavy atom. The summed E-state index contributed by atoms with van der Waals surface area (Å²) in [6.07, 6.45) is 3.00. The number of aromatic amines is 1. The van der Waals surface area contributed by atoms with Crippen LogP contribution in [0.25, 0.3) is 10.9 Å². The Balaban J connectivity index is 1.50. The Bertz CT molecular complexity index is 1350. The summed E-state index contributed by atoms with van der Waals surface area (Å²) >= 11 is 0. The van der Waals surface area contributed by atoms with Gasteiger partial charge in [-0.3, -0.25) is 9.69 Å². The summed E-state index contributed by atoms with van der Waals surface area (Å²) in [6, 6.07) is 17.8. The van der Waals surface area contributed by atoms with E-state index in [-0.39, 0.29) is 17.7 Å². The van der Waals surface area contributed by atoms with Gasteiger partial charge in [0.1, 0.15) is 5.75 Å². The zero-order chi connectivity index (χ0) is 24.9. The number of tetrazole rings is 1. The van der Waals surface area contributed by atoms with E-state index in [1.165, 1.54) is 0 Å². The fourth-order valence-electron chi connectivity index (χ4n) is 4.95. The maximum Gasteiger partial charge on any atom is 0.252 e. The lowest BCUT2D eigenvalue weighted by atomic mass is 10.1. The third kappa shape index (κ3) is 5.32. The van der Waals surface area contributed by atoms with Gasteiger partial charge in [0, 0.05) is 36.2 Å². The normalized spacial score (nSPS) is 16.6. The van der Waals surface area contributed by atoms with Gasteiger partial charge < -0.3 is 14.5 Å². The summed E-state index contributed by atoms with van der Waals surface area (Å²) in [5, 5.41) is 13.7. The van der Waals surface area contributed by atoms with Crippen LogP contribution in [0.5, 0.6) is 5.75 Å². The summed E-state index contributed by atoms with van der Waals surface area (Å²) in [5.74, 6) is 1.55. The molecule has 2 aromatic carbocycles. The molecule has 0 spiro atoms. The fraction of sp³-hybridized carbons (Fsp3) is 0.407. The molecule has 5 rings (SSSR count). The van der Waals surface area contributed by atoms with Crippen LogP contribution < -0.4 is 10.3 Å². The van der Waals surface area contributed by atoms with E-state index in [9.17, 15) is 4.79 Å². The number of pyridine rings is 1. The summed E-state index contributed by atoms with van der Waals surface area (Å²) in [5.41, 5.74) is 2.53. The van der Waals surface area contributed by atoms with Crippen LogP contribution in [-0.4, -0.2) is 49.9 Å². The van der Waals surface area contributed by atoms with Crippen molar-refractivity contribution < 1.29 is 9.47 Å². The van der Waals surface area contributed by atoms with E-state index in [0.717, 1.165) is 53.9 Å². The molecule has 3 heterocycles. The second kappa shape index (κ2) is 11.0. The first-order valence-electron chi connectivity index (χ1n) is 12.5. The summed E-state index contributed by atoms with van der Waals surface area (Å²) in [7, 11) is 1.64. The summed E-state index contributed by atoms with van der Waals surface area (Å²) in [4.78, 5) is 18.4. The van der Waals surface area contributed by atoms with Crippen LogP contribution >= 0.6 is 0 Å². The van der Waals surface area contributed by atoms with Gasteiger partial charge in [-0.1, -0.05) is 37.3 Å². The number of hydrogen-bond acceptors (Lipinski definition) is 7. The molecule has 9 nitrogen and oxygen atoms in total. The highest BCUT2D eigenvalue weighted by Crippen LogP contribution is 2.28. The highest BCUT2D eigenvalue weighted by Gasteiger charge is 2.28. The third-order valence-corrected chi connectivity index (χ3v) is 6.82. The topological polar surface area (TPSA) is 98.2 Å². The van der Waals surface area contributed by atoms with Crippen molar-refractivity contribution >= 4 is 10.9 Å². The van der Waals surface area contributed by atoms with Crippen molar-refractivity contribution in [2.24, 2.45) is 0 Å². The largest absolute Gasteiger partial charge is 0.497 e. The molecule has 0 unspecified atom stereocenters. The molecule has 1 fully saturated rings. The van der Waals surface area contributed by atoms with E-state index in [1.54, 1.807) is 7.11 Å². The minimum absolute atomic E-state index is 0.0815. The summed E-state index contributed by atoms with van der Waals surface area (Å²) in [6.45, 7) is 4.65. The molecule has 2 aromatic heterocycles. The highest BCUT2D eigenvalue weighted by atomic mass is 16.5. The molecule has 0 amide bonds. The number of nitrogens with zero attached hydrogens (tertiary/aromatic N) is 5. The average molecular weight is 489 g/mol. The molecule has 0 radical (unpaired) electrons. The van der Waals surface area contributed by atoms with E-state index in [2.05, 4.69) is 44.5 Å². The van der Waals surface area contributed by atoms with Gasteiger partial charge in [-0.2, -0.15) is 0 Å². The van der Waals surface area contributed by atoms with Crippen molar-refractivity contribution in [3.05, 3.63) is 81.9 Å². The molecule has 0 bridgehead atoms. The van der Waals surface area contributed by atoms with Gasteiger partial charge in [0.05, 0.1) is 25.8 Å².